The van der Waals surface area contributed by atoms with Crippen LogP contribution in [0.4, 0.5) is 5.69 Å². The van der Waals surface area contributed by atoms with Crippen LogP contribution in [0, 0.1) is 0 Å². The van der Waals surface area contributed by atoms with E-state index in [4.69, 9.17) is 24.7 Å². The molecule has 0 bridgehead atoms. The summed E-state index contributed by atoms with van der Waals surface area (Å²) in [6, 6.07) is 15.7. The molecule has 2 aromatic rings. The predicted molar refractivity (Wildman–Crippen MR) is 145 cm³/mol. The summed E-state index contributed by atoms with van der Waals surface area (Å²) >= 11 is 0. The van der Waals surface area contributed by atoms with Gasteiger partial charge in [-0.05, 0) is 43.5 Å². The average Bonchev–Trinajstić information content (AvgIpc) is 2.97. The zero-order chi connectivity index (χ0) is 27.1. The van der Waals surface area contributed by atoms with Gasteiger partial charge in [0, 0.05) is 29.4 Å². The number of ether oxygens (including phenoxy) is 4. The van der Waals surface area contributed by atoms with Crippen molar-refractivity contribution < 1.29 is 29.2 Å². The highest BCUT2D eigenvalue weighted by Crippen LogP contribution is 2.41. The molecule has 2 aliphatic rings. The van der Waals surface area contributed by atoms with E-state index in [1.54, 1.807) is 0 Å². The quantitative estimate of drug-likeness (QED) is 0.281. The number of nitrogens with one attached hydrogen (secondary N) is 2. The topological polar surface area (TPSA) is 127 Å². The van der Waals surface area contributed by atoms with Crippen molar-refractivity contribution in [1.29, 1.82) is 0 Å². The maximum absolute atomic E-state index is 10.8. The van der Waals surface area contributed by atoms with E-state index in [1.165, 1.54) is 0 Å². The molecule has 0 saturated carbocycles. The summed E-state index contributed by atoms with van der Waals surface area (Å²) in [7, 11) is 0. The lowest BCUT2D eigenvalue weighted by atomic mass is 9.97. The Morgan fingerprint density at radius 2 is 1.42 bits per heavy atom. The van der Waals surface area contributed by atoms with Gasteiger partial charge in [-0.2, -0.15) is 0 Å². The van der Waals surface area contributed by atoms with Gasteiger partial charge in [-0.15, -0.1) is 0 Å². The molecule has 8 unspecified atom stereocenters. The van der Waals surface area contributed by atoms with Gasteiger partial charge in [0.15, 0.2) is 12.6 Å². The van der Waals surface area contributed by atoms with Crippen LogP contribution in [0.15, 0.2) is 48.5 Å². The van der Waals surface area contributed by atoms with Crippen molar-refractivity contribution in [1.82, 2.24) is 5.32 Å². The highest BCUT2D eigenvalue weighted by atomic mass is 16.8. The van der Waals surface area contributed by atoms with E-state index in [-0.39, 0.29) is 6.04 Å². The molecule has 9 nitrogen and oxygen atoms in total. The van der Waals surface area contributed by atoms with Crippen molar-refractivity contribution in [3.63, 3.8) is 0 Å². The second-order valence-electron chi connectivity index (χ2n) is 9.96. The lowest BCUT2D eigenvalue weighted by Crippen LogP contribution is -2.64. The Balaban J connectivity index is 1.58. The van der Waals surface area contributed by atoms with E-state index in [2.05, 4.69) is 31.4 Å². The molecule has 0 amide bonds. The van der Waals surface area contributed by atoms with E-state index >= 15 is 0 Å². The summed E-state index contributed by atoms with van der Waals surface area (Å²) in [5.41, 5.74) is 9.87. The number of rotatable bonds is 12. The highest BCUT2D eigenvalue weighted by Gasteiger charge is 2.52. The average molecular weight is 530 g/mol. The lowest BCUT2D eigenvalue weighted by Gasteiger charge is -2.50. The molecular weight excluding hydrogens is 486 g/mol. The molecule has 2 fully saturated rings. The second kappa shape index (κ2) is 13.8. The highest BCUT2D eigenvalue weighted by molar-refractivity contribution is 5.44. The van der Waals surface area contributed by atoms with Gasteiger partial charge in [0.25, 0.3) is 0 Å². The van der Waals surface area contributed by atoms with Crippen molar-refractivity contribution in [3.8, 4) is 0 Å². The van der Waals surface area contributed by atoms with E-state index in [0.29, 0.717) is 6.54 Å². The third-order valence-electron chi connectivity index (χ3n) is 7.06. The van der Waals surface area contributed by atoms with Crippen LogP contribution in [-0.2, 0) is 18.9 Å². The van der Waals surface area contributed by atoms with E-state index in [0.717, 1.165) is 48.2 Å². The zero-order valence-corrected chi connectivity index (χ0v) is 22.6. The van der Waals surface area contributed by atoms with Crippen LogP contribution in [0.1, 0.15) is 75.3 Å². The van der Waals surface area contributed by atoms with Gasteiger partial charge in [-0.25, -0.2) is 0 Å². The summed E-state index contributed by atoms with van der Waals surface area (Å²) in [6.45, 7) is 7.39. The van der Waals surface area contributed by atoms with E-state index in [1.807, 2.05) is 48.5 Å². The van der Waals surface area contributed by atoms with Gasteiger partial charge in [-0.1, -0.05) is 57.2 Å². The molecule has 2 aliphatic heterocycles. The van der Waals surface area contributed by atoms with Crippen molar-refractivity contribution in [2.24, 2.45) is 5.73 Å². The molecule has 0 aromatic heterocycles. The third-order valence-corrected chi connectivity index (χ3v) is 7.06. The number of hydrogen-bond donors (Lipinski definition) is 5. The first-order valence-electron chi connectivity index (χ1n) is 13.8. The smallest absolute Gasteiger partial charge is 0.186 e. The Kier molecular flexibility index (Phi) is 10.5. The fourth-order valence-electron chi connectivity index (χ4n) is 4.79. The molecule has 6 N–H and O–H groups in total. The van der Waals surface area contributed by atoms with Crippen LogP contribution in [0.2, 0.25) is 0 Å². The normalized spacial score (nSPS) is 28.9. The summed E-state index contributed by atoms with van der Waals surface area (Å²) in [5.74, 6) is 0. The molecular formula is C29H43N3O6. The maximum Gasteiger partial charge on any atom is 0.186 e. The van der Waals surface area contributed by atoms with Crippen LogP contribution in [0.5, 0.6) is 0 Å². The monoisotopic (exact) mass is 529 g/mol. The molecule has 0 spiro atoms. The summed E-state index contributed by atoms with van der Waals surface area (Å²) < 4.78 is 25.4. The van der Waals surface area contributed by atoms with Crippen molar-refractivity contribution in [3.05, 3.63) is 65.2 Å². The Bertz CT molecular complexity index is 975. The minimum atomic E-state index is -1.16. The number of hydrogen-bond acceptors (Lipinski definition) is 9. The molecule has 2 saturated heterocycles. The van der Waals surface area contributed by atoms with Gasteiger partial charge >= 0.3 is 0 Å². The van der Waals surface area contributed by atoms with Crippen LogP contribution < -0.4 is 16.4 Å². The standard InChI is InChI=1S/C29H43N3O6/c1-4-15-31-21-13-11-20(12-14-21)28-35-24(23(34)17-33)25-26(37-28)27(32-16-5-2)38-29(36-25)19-9-7-18(8-10-19)22(30)6-3/h7-14,22-29,31-34H,4-6,15-17,30H2,1-3H3. The Morgan fingerprint density at radius 1 is 0.816 bits per heavy atom. The minimum Gasteiger partial charge on any atom is -0.394 e. The van der Waals surface area contributed by atoms with E-state index in [9.17, 15) is 10.2 Å². The van der Waals surface area contributed by atoms with Crippen LogP contribution in [-0.4, -0.2) is 60.6 Å². The molecule has 2 heterocycles. The van der Waals surface area contributed by atoms with Crippen LogP contribution >= 0.6 is 0 Å². The molecule has 9 heteroatoms. The number of anilines is 1. The minimum absolute atomic E-state index is 0.0294. The van der Waals surface area contributed by atoms with E-state index < -0.39 is 49.8 Å². The first-order chi connectivity index (χ1) is 18.5. The Morgan fingerprint density at radius 3 is 2.03 bits per heavy atom. The second-order valence-corrected chi connectivity index (χ2v) is 9.96. The third kappa shape index (κ3) is 6.73. The van der Waals surface area contributed by atoms with Gasteiger partial charge in [-0.3, -0.25) is 5.32 Å². The number of fused-ring (bicyclic) bond motifs is 1. The number of benzene rings is 2. The van der Waals surface area contributed by atoms with Crippen molar-refractivity contribution >= 4 is 5.69 Å². The fraction of sp³-hybridized carbons (Fsp3) is 0.586. The molecule has 4 rings (SSSR count). The molecule has 0 radical (unpaired) electrons. The molecule has 0 aliphatic carbocycles. The zero-order valence-electron chi connectivity index (χ0n) is 22.6. The van der Waals surface area contributed by atoms with Gasteiger partial charge in [0.05, 0.1) is 6.61 Å². The summed E-state index contributed by atoms with van der Waals surface area (Å²) in [6.07, 6.45) is -2.44. The number of aliphatic hydroxyl groups is 2. The summed E-state index contributed by atoms with van der Waals surface area (Å²) in [4.78, 5) is 0. The Hall–Kier alpha value is -2.08. The first-order valence-corrected chi connectivity index (χ1v) is 13.8. The lowest BCUT2D eigenvalue weighted by molar-refractivity contribution is -0.394. The first kappa shape index (κ1) is 28.9. The van der Waals surface area contributed by atoms with Gasteiger partial charge < -0.3 is 40.2 Å². The molecule has 2 aromatic carbocycles. The SMILES string of the molecule is CCCNc1ccc(C2OC(C(O)CO)C3OC(c4ccc(C(N)CC)cc4)OC(NCCC)C3O2)cc1. The number of aliphatic hydroxyl groups excluding tert-OH is 2. The van der Waals surface area contributed by atoms with Gasteiger partial charge in [0.1, 0.15) is 30.6 Å². The number of nitrogens with two attached hydrogens (primary N) is 1. The maximum atomic E-state index is 10.8. The van der Waals surface area contributed by atoms with Crippen LogP contribution in [0.25, 0.3) is 0 Å². The largest absolute Gasteiger partial charge is 0.394 e. The molecule has 38 heavy (non-hydrogen) atoms. The van der Waals surface area contributed by atoms with Crippen molar-refractivity contribution in [2.75, 3.05) is 25.0 Å². The predicted octanol–water partition coefficient (Wildman–Crippen LogP) is 3.49. The molecule has 8 atom stereocenters. The van der Waals surface area contributed by atoms with Crippen molar-refractivity contribution in [2.45, 2.75) is 89.3 Å². The summed E-state index contributed by atoms with van der Waals surface area (Å²) in [5, 5.41) is 27.4. The van der Waals surface area contributed by atoms with Gasteiger partial charge in [0.2, 0.25) is 0 Å². The van der Waals surface area contributed by atoms with Crippen LogP contribution in [0.3, 0.4) is 0 Å². The Labute approximate surface area is 225 Å². The molecule has 210 valence electrons. The fourth-order valence-corrected chi connectivity index (χ4v) is 4.79.